The molecule has 0 heterocycles. The van der Waals surface area contributed by atoms with E-state index in [1.165, 1.54) is 19.3 Å². The van der Waals surface area contributed by atoms with Crippen molar-refractivity contribution >= 4 is 5.91 Å². The molecule has 4 bridgehead atoms. The van der Waals surface area contributed by atoms with Crippen LogP contribution in [0, 0.1) is 23.2 Å². The van der Waals surface area contributed by atoms with Crippen LogP contribution in [0.1, 0.15) is 57.1 Å². The molecule has 0 aliphatic heterocycles. The Morgan fingerprint density at radius 3 is 2.20 bits per heavy atom. The van der Waals surface area contributed by atoms with E-state index in [-0.39, 0.29) is 17.4 Å². The van der Waals surface area contributed by atoms with Crippen LogP contribution in [0.15, 0.2) is 18.2 Å². The number of carbonyl (C=O) groups excluding carboxylic acids is 1. The molecule has 25 heavy (non-hydrogen) atoms. The van der Waals surface area contributed by atoms with Gasteiger partial charge in [-0.25, -0.2) is 0 Å². The van der Waals surface area contributed by atoms with Gasteiger partial charge in [0.2, 0.25) is 5.91 Å². The summed E-state index contributed by atoms with van der Waals surface area (Å²) in [5.41, 5.74) is 0.856. The molecule has 4 fully saturated rings. The lowest BCUT2D eigenvalue weighted by molar-refractivity contribution is -0.147. The summed E-state index contributed by atoms with van der Waals surface area (Å²) in [5.74, 6) is 4.16. The molecule has 0 unspecified atom stereocenters. The molecule has 4 aliphatic carbocycles. The molecule has 0 spiro atoms. The van der Waals surface area contributed by atoms with E-state index in [0.717, 1.165) is 54.1 Å². The SMILES string of the molecule is COc1ccc(OC)c([C@@H](C)NC(=O)C23CC4CC(CC(C4)C2)C3)c1. The highest BCUT2D eigenvalue weighted by molar-refractivity contribution is 5.83. The van der Waals surface area contributed by atoms with Gasteiger partial charge in [-0.05, 0) is 81.4 Å². The molecule has 1 amide bonds. The maximum absolute atomic E-state index is 13.3. The van der Waals surface area contributed by atoms with Gasteiger partial charge in [-0.1, -0.05) is 0 Å². The Morgan fingerprint density at radius 2 is 1.68 bits per heavy atom. The standard InChI is InChI=1S/C21H29NO3/c1-13(18-9-17(24-2)4-5-19(18)25-3)22-20(23)21-10-14-6-15(11-21)8-16(7-14)12-21/h4-5,9,13-16H,6-8,10-12H2,1-3H3,(H,22,23)/t13-,14?,15?,16?,21?/m1/s1. The predicted octanol–water partition coefficient (Wildman–Crippen LogP) is 4.10. The summed E-state index contributed by atoms with van der Waals surface area (Å²) in [4.78, 5) is 13.3. The minimum Gasteiger partial charge on any atom is -0.497 e. The first-order chi connectivity index (χ1) is 12.0. The monoisotopic (exact) mass is 343 g/mol. The van der Waals surface area contributed by atoms with E-state index in [1.54, 1.807) is 14.2 Å². The minimum absolute atomic E-state index is 0.0921. The lowest BCUT2D eigenvalue weighted by atomic mass is 9.49. The quantitative estimate of drug-likeness (QED) is 0.876. The third-order valence-corrected chi connectivity index (χ3v) is 6.77. The van der Waals surface area contributed by atoms with Gasteiger partial charge in [0.15, 0.2) is 0 Å². The molecule has 4 aliphatic rings. The summed E-state index contributed by atoms with van der Waals surface area (Å²) >= 11 is 0. The number of hydrogen-bond acceptors (Lipinski definition) is 3. The Balaban J connectivity index is 1.53. The summed E-state index contributed by atoms with van der Waals surface area (Å²) in [6.45, 7) is 2.04. The summed E-state index contributed by atoms with van der Waals surface area (Å²) in [6.07, 6.45) is 7.33. The normalized spacial score (nSPS) is 33.8. The fourth-order valence-corrected chi connectivity index (χ4v) is 5.99. The molecule has 0 radical (unpaired) electrons. The number of nitrogens with one attached hydrogen (secondary N) is 1. The van der Waals surface area contributed by atoms with E-state index in [9.17, 15) is 4.79 Å². The summed E-state index contributed by atoms with van der Waals surface area (Å²) in [6, 6.07) is 5.66. The van der Waals surface area contributed by atoms with Crippen molar-refractivity contribution in [3.63, 3.8) is 0 Å². The lowest BCUT2D eigenvalue weighted by Crippen LogP contribution is -2.53. The van der Waals surface area contributed by atoms with Crippen LogP contribution in [0.5, 0.6) is 11.5 Å². The molecule has 1 N–H and O–H groups in total. The second-order valence-electron chi connectivity index (χ2n) is 8.50. The van der Waals surface area contributed by atoms with Crippen LogP contribution in [-0.2, 0) is 4.79 Å². The van der Waals surface area contributed by atoms with Crippen molar-refractivity contribution in [2.75, 3.05) is 14.2 Å². The van der Waals surface area contributed by atoms with Crippen LogP contribution in [-0.4, -0.2) is 20.1 Å². The second-order valence-corrected chi connectivity index (χ2v) is 8.50. The molecule has 0 aromatic heterocycles. The number of carbonyl (C=O) groups is 1. The van der Waals surface area contributed by atoms with Gasteiger partial charge in [-0.15, -0.1) is 0 Å². The molecule has 4 heteroatoms. The molecular weight excluding hydrogens is 314 g/mol. The van der Waals surface area contributed by atoms with E-state index in [0.29, 0.717) is 0 Å². The van der Waals surface area contributed by atoms with Gasteiger partial charge < -0.3 is 14.8 Å². The highest BCUT2D eigenvalue weighted by Gasteiger charge is 2.54. The van der Waals surface area contributed by atoms with Gasteiger partial charge in [0.05, 0.1) is 20.3 Å². The molecule has 4 nitrogen and oxygen atoms in total. The van der Waals surface area contributed by atoms with Crippen molar-refractivity contribution in [2.45, 2.75) is 51.5 Å². The largest absolute Gasteiger partial charge is 0.497 e. The first-order valence-electron chi connectivity index (χ1n) is 9.56. The van der Waals surface area contributed by atoms with Crippen LogP contribution in [0.25, 0.3) is 0 Å². The first-order valence-corrected chi connectivity index (χ1v) is 9.56. The van der Waals surface area contributed by atoms with Crippen molar-refractivity contribution in [2.24, 2.45) is 23.2 Å². The Morgan fingerprint density at radius 1 is 1.08 bits per heavy atom. The Hall–Kier alpha value is -1.71. The predicted molar refractivity (Wildman–Crippen MR) is 96.7 cm³/mol. The van der Waals surface area contributed by atoms with Crippen molar-refractivity contribution < 1.29 is 14.3 Å². The zero-order valence-corrected chi connectivity index (χ0v) is 15.5. The van der Waals surface area contributed by atoms with Gasteiger partial charge in [-0.2, -0.15) is 0 Å². The average Bonchev–Trinajstić information content (AvgIpc) is 2.59. The molecular formula is C21H29NO3. The maximum Gasteiger partial charge on any atom is 0.226 e. The Bertz CT molecular complexity index is 634. The van der Waals surface area contributed by atoms with Crippen LogP contribution >= 0.6 is 0 Å². The van der Waals surface area contributed by atoms with Crippen LogP contribution in [0.3, 0.4) is 0 Å². The highest BCUT2D eigenvalue weighted by Crippen LogP contribution is 2.60. The Labute approximate surface area is 150 Å². The minimum atomic E-state index is -0.116. The van der Waals surface area contributed by atoms with Crippen molar-refractivity contribution in [1.29, 1.82) is 0 Å². The zero-order chi connectivity index (χ0) is 17.6. The number of ether oxygens (including phenoxy) is 2. The van der Waals surface area contributed by atoms with Crippen LogP contribution < -0.4 is 14.8 Å². The molecule has 5 rings (SSSR count). The van der Waals surface area contributed by atoms with Crippen molar-refractivity contribution in [3.8, 4) is 11.5 Å². The number of benzene rings is 1. The first kappa shape index (κ1) is 16.7. The number of amides is 1. The summed E-state index contributed by atoms with van der Waals surface area (Å²) in [5, 5.41) is 3.30. The summed E-state index contributed by atoms with van der Waals surface area (Å²) in [7, 11) is 3.32. The van der Waals surface area contributed by atoms with Gasteiger partial charge in [0.25, 0.3) is 0 Å². The number of hydrogen-bond donors (Lipinski definition) is 1. The molecule has 1 atom stereocenters. The Kier molecular flexibility index (Phi) is 4.17. The average molecular weight is 343 g/mol. The van der Waals surface area contributed by atoms with Crippen LogP contribution in [0.2, 0.25) is 0 Å². The number of methoxy groups -OCH3 is 2. The van der Waals surface area contributed by atoms with Crippen LogP contribution in [0.4, 0.5) is 0 Å². The fourth-order valence-electron chi connectivity index (χ4n) is 5.99. The fraction of sp³-hybridized carbons (Fsp3) is 0.667. The van der Waals surface area contributed by atoms with Gasteiger partial charge in [0.1, 0.15) is 11.5 Å². The van der Waals surface area contributed by atoms with Crippen molar-refractivity contribution in [3.05, 3.63) is 23.8 Å². The van der Waals surface area contributed by atoms with Gasteiger partial charge in [0, 0.05) is 11.0 Å². The number of rotatable bonds is 5. The smallest absolute Gasteiger partial charge is 0.226 e. The molecule has 1 aromatic rings. The topological polar surface area (TPSA) is 47.6 Å². The third-order valence-electron chi connectivity index (χ3n) is 6.77. The molecule has 4 saturated carbocycles. The van der Waals surface area contributed by atoms with Gasteiger partial charge >= 0.3 is 0 Å². The maximum atomic E-state index is 13.3. The highest BCUT2D eigenvalue weighted by atomic mass is 16.5. The third kappa shape index (κ3) is 2.90. The van der Waals surface area contributed by atoms with E-state index >= 15 is 0 Å². The summed E-state index contributed by atoms with van der Waals surface area (Å²) < 4.78 is 10.8. The van der Waals surface area contributed by atoms with E-state index < -0.39 is 0 Å². The van der Waals surface area contributed by atoms with E-state index in [2.05, 4.69) is 5.32 Å². The van der Waals surface area contributed by atoms with Crippen molar-refractivity contribution in [1.82, 2.24) is 5.32 Å². The molecule has 0 saturated heterocycles. The zero-order valence-electron chi connectivity index (χ0n) is 15.5. The second kappa shape index (κ2) is 6.22. The lowest BCUT2D eigenvalue weighted by Gasteiger charge is -2.55. The van der Waals surface area contributed by atoms with E-state index in [1.807, 2.05) is 25.1 Å². The molecule has 1 aromatic carbocycles. The van der Waals surface area contributed by atoms with Gasteiger partial charge in [-0.3, -0.25) is 4.79 Å². The molecule has 136 valence electrons. The van der Waals surface area contributed by atoms with E-state index in [4.69, 9.17) is 9.47 Å².